The van der Waals surface area contributed by atoms with Crippen LogP contribution in [0, 0.1) is 35.0 Å². The number of nitriles is 1. The molecule has 3 fully saturated rings. The topological polar surface area (TPSA) is 141 Å². The van der Waals surface area contributed by atoms with E-state index in [9.17, 15) is 28.4 Å². The van der Waals surface area contributed by atoms with Gasteiger partial charge in [-0.3, -0.25) is 14.4 Å². The smallest absolute Gasteiger partial charge is 0.387 e. The highest BCUT2D eigenvalue weighted by Gasteiger charge is 2.64. The van der Waals surface area contributed by atoms with Crippen LogP contribution in [0.25, 0.3) is 10.9 Å². The van der Waals surface area contributed by atoms with Crippen molar-refractivity contribution in [3.05, 3.63) is 30.0 Å². The van der Waals surface area contributed by atoms with Gasteiger partial charge in [-0.15, -0.1) is 0 Å². The maximum absolute atomic E-state index is 13.9. The molecule has 1 aromatic carbocycles. The van der Waals surface area contributed by atoms with Gasteiger partial charge in [0.15, 0.2) is 0 Å². The van der Waals surface area contributed by atoms with E-state index in [0.717, 1.165) is 12.8 Å². The number of primary amides is 1. The number of aromatic nitrogens is 1. The number of benzene rings is 1. The van der Waals surface area contributed by atoms with Crippen LogP contribution >= 0.6 is 0 Å². The van der Waals surface area contributed by atoms with E-state index in [-0.39, 0.29) is 42.2 Å². The van der Waals surface area contributed by atoms with Crippen LogP contribution in [0.3, 0.4) is 0 Å². The third-order valence-corrected chi connectivity index (χ3v) is 8.17. The Morgan fingerprint density at radius 1 is 1.31 bits per heavy atom. The zero-order valence-electron chi connectivity index (χ0n) is 19.5. The number of ether oxygens (including phenoxy) is 1. The van der Waals surface area contributed by atoms with Crippen LogP contribution in [-0.2, 0) is 9.59 Å². The summed E-state index contributed by atoms with van der Waals surface area (Å²) in [6, 6.07) is 8.18. The van der Waals surface area contributed by atoms with Gasteiger partial charge in [0.05, 0.1) is 12.0 Å². The summed E-state index contributed by atoms with van der Waals surface area (Å²) < 4.78 is 30.4. The molecule has 3 heterocycles. The summed E-state index contributed by atoms with van der Waals surface area (Å²) in [5.41, 5.74) is 4.96. The zero-order chi connectivity index (χ0) is 25.6. The zero-order valence-corrected chi connectivity index (χ0v) is 19.5. The number of nitrogens with one attached hydrogen (secondary N) is 2. The fourth-order valence-corrected chi connectivity index (χ4v) is 6.68. The fraction of sp³-hybridized carbons (Fsp3) is 0.520. The van der Waals surface area contributed by atoms with Crippen LogP contribution in [-0.4, -0.2) is 52.8 Å². The predicted octanol–water partition coefficient (Wildman–Crippen LogP) is 2.53. The van der Waals surface area contributed by atoms with Crippen LogP contribution in [0.5, 0.6) is 5.75 Å². The number of rotatable bonds is 7. The third-order valence-electron chi connectivity index (χ3n) is 8.17. The van der Waals surface area contributed by atoms with Crippen molar-refractivity contribution in [1.29, 1.82) is 5.26 Å². The Kier molecular flexibility index (Phi) is 6.06. The Morgan fingerprint density at radius 3 is 2.78 bits per heavy atom. The van der Waals surface area contributed by atoms with Crippen molar-refractivity contribution < 1.29 is 27.9 Å². The second kappa shape index (κ2) is 9.08. The van der Waals surface area contributed by atoms with Gasteiger partial charge in [-0.25, -0.2) is 0 Å². The van der Waals surface area contributed by atoms with E-state index in [1.807, 2.05) is 0 Å². The second-order valence-electron chi connectivity index (χ2n) is 9.88. The molecule has 5 atom stereocenters. The van der Waals surface area contributed by atoms with Crippen LogP contribution in [0.1, 0.15) is 42.6 Å². The summed E-state index contributed by atoms with van der Waals surface area (Å²) in [5.74, 6) is -3.26. The van der Waals surface area contributed by atoms with E-state index in [4.69, 9.17) is 5.73 Å². The highest BCUT2D eigenvalue weighted by Crippen LogP contribution is 2.53. The lowest BCUT2D eigenvalue weighted by atomic mass is 9.69. The fourth-order valence-electron chi connectivity index (χ4n) is 6.68. The molecule has 3 amide bonds. The van der Waals surface area contributed by atoms with Crippen molar-refractivity contribution in [2.24, 2.45) is 29.4 Å². The Labute approximate surface area is 205 Å². The number of nitrogens with two attached hydrogens (primary N) is 1. The Hall–Kier alpha value is -3.68. The molecule has 36 heavy (non-hydrogen) atoms. The number of alkyl halides is 2. The van der Waals surface area contributed by atoms with E-state index in [1.165, 1.54) is 23.1 Å². The normalized spacial score (nSPS) is 28.2. The van der Waals surface area contributed by atoms with Gasteiger partial charge in [-0.1, -0.05) is 12.5 Å². The number of likely N-dealkylation sites (tertiary alicyclic amines) is 1. The average Bonchev–Trinajstić information content (AvgIpc) is 3.60. The molecular weight excluding hydrogens is 472 g/mol. The van der Waals surface area contributed by atoms with E-state index in [2.05, 4.69) is 21.1 Å². The summed E-state index contributed by atoms with van der Waals surface area (Å²) >= 11 is 0. The first kappa shape index (κ1) is 24.0. The van der Waals surface area contributed by atoms with Crippen molar-refractivity contribution in [2.75, 3.05) is 13.1 Å². The van der Waals surface area contributed by atoms with E-state index >= 15 is 0 Å². The molecule has 11 heteroatoms. The Balaban J connectivity index is 1.56. The predicted molar refractivity (Wildman–Crippen MR) is 124 cm³/mol. The van der Waals surface area contributed by atoms with Crippen molar-refractivity contribution in [3.8, 4) is 11.8 Å². The summed E-state index contributed by atoms with van der Waals surface area (Å²) in [6.07, 6.45) is 2.96. The lowest BCUT2D eigenvalue weighted by molar-refractivity contribution is -0.133. The number of hydrogen-bond donors (Lipinski definition) is 3. The molecule has 3 aliphatic rings. The van der Waals surface area contributed by atoms with Crippen LogP contribution in [0.4, 0.5) is 8.78 Å². The molecule has 0 bridgehead atoms. The SMILES string of the molecule is N#C[C@@H](C[C@H]1CCNC1=O)C1(C(N)=O)C2CCCC2CN1C(=O)c1cc2c(OC(F)F)cccc2[nH]1. The van der Waals surface area contributed by atoms with Gasteiger partial charge in [0.2, 0.25) is 11.8 Å². The highest BCUT2D eigenvalue weighted by molar-refractivity contribution is 6.03. The number of aromatic amines is 1. The largest absolute Gasteiger partial charge is 0.434 e. The summed E-state index contributed by atoms with van der Waals surface area (Å²) in [6.45, 7) is -2.29. The monoisotopic (exact) mass is 499 g/mol. The molecule has 2 aromatic rings. The van der Waals surface area contributed by atoms with Crippen molar-refractivity contribution in [2.45, 2.75) is 44.3 Å². The maximum atomic E-state index is 13.9. The van der Waals surface area contributed by atoms with Crippen molar-refractivity contribution >= 4 is 28.6 Å². The number of H-pyrrole nitrogens is 1. The third kappa shape index (κ3) is 3.67. The molecule has 190 valence electrons. The molecule has 5 rings (SSSR count). The number of hydrogen-bond acceptors (Lipinski definition) is 5. The van der Waals surface area contributed by atoms with Gasteiger partial charge in [-0.05, 0) is 55.7 Å². The van der Waals surface area contributed by atoms with E-state index in [0.29, 0.717) is 30.3 Å². The number of halogens is 2. The lowest BCUT2D eigenvalue weighted by Crippen LogP contribution is -2.63. The minimum Gasteiger partial charge on any atom is -0.434 e. The minimum absolute atomic E-state index is 0.00295. The first-order chi connectivity index (χ1) is 17.3. The lowest BCUT2D eigenvalue weighted by Gasteiger charge is -2.43. The molecule has 1 aliphatic carbocycles. The van der Waals surface area contributed by atoms with Crippen molar-refractivity contribution in [3.63, 3.8) is 0 Å². The molecule has 9 nitrogen and oxygen atoms in total. The molecule has 0 radical (unpaired) electrons. The summed E-state index contributed by atoms with van der Waals surface area (Å²) in [7, 11) is 0. The van der Waals surface area contributed by atoms with Crippen LogP contribution in [0.15, 0.2) is 24.3 Å². The molecular formula is C25H27F2N5O4. The van der Waals surface area contributed by atoms with Crippen molar-refractivity contribution in [1.82, 2.24) is 15.2 Å². The van der Waals surface area contributed by atoms with Crippen LogP contribution < -0.4 is 15.8 Å². The highest BCUT2D eigenvalue weighted by atomic mass is 19.3. The van der Waals surface area contributed by atoms with Gasteiger partial charge >= 0.3 is 6.61 Å². The number of carbonyl (C=O) groups is 3. The first-order valence-corrected chi connectivity index (χ1v) is 12.1. The van der Waals surface area contributed by atoms with Gasteiger partial charge < -0.3 is 25.7 Å². The number of amides is 3. The minimum atomic E-state index is -3.03. The number of carbonyl (C=O) groups excluding carboxylic acids is 3. The van der Waals surface area contributed by atoms with Crippen LogP contribution in [0.2, 0.25) is 0 Å². The average molecular weight is 500 g/mol. The quantitative estimate of drug-likeness (QED) is 0.537. The Bertz CT molecular complexity index is 1260. The number of fused-ring (bicyclic) bond motifs is 2. The molecule has 4 N–H and O–H groups in total. The second-order valence-corrected chi connectivity index (χ2v) is 9.88. The molecule has 0 spiro atoms. The molecule has 2 aliphatic heterocycles. The molecule has 1 aromatic heterocycles. The van der Waals surface area contributed by atoms with Gasteiger partial charge in [0, 0.05) is 29.9 Å². The maximum Gasteiger partial charge on any atom is 0.387 e. The summed E-state index contributed by atoms with van der Waals surface area (Å²) in [4.78, 5) is 43.9. The standard InChI is InChI=1S/C25H27F2N5O4/c26-24(27)36-20-6-2-5-18-16(20)10-19(31-18)22(34)32-12-14-3-1-4-17(14)25(32,23(29)35)15(11-28)9-13-7-8-30-21(13)33/h2,5-6,10,13-15,17,24,31H,1,3-4,7-9,12H2,(H2,29,35)(H,30,33)/t13-,14?,15-,17?,25?/m1/s1. The Morgan fingerprint density at radius 2 is 2.11 bits per heavy atom. The molecule has 3 unspecified atom stereocenters. The van der Waals surface area contributed by atoms with E-state index in [1.54, 1.807) is 6.07 Å². The number of nitrogens with zero attached hydrogens (tertiary/aromatic N) is 2. The van der Waals surface area contributed by atoms with E-state index < -0.39 is 35.8 Å². The molecule has 1 saturated carbocycles. The first-order valence-electron chi connectivity index (χ1n) is 12.1. The van der Waals surface area contributed by atoms with Gasteiger partial charge in [0.1, 0.15) is 17.0 Å². The van der Waals surface area contributed by atoms with Gasteiger partial charge in [0.25, 0.3) is 5.91 Å². The van der Waals surface area contributed by atoms with Gasteiger partial charge in [-0.2, -0.15) is 14.0 Å². The summed E-state index contributed by atoms with van der Waals surface area (Å²) in [5, 5.41) is 13.3. The molecule has 2 saturated heterocycles.